The van der Waals surface area contributed by atoms with Crippen molar-refractivity contribution in [3.8, 4) is 0 Å². The number of unbranched alkanes of at least 4 members (excludes halogenated alkanes) is 14. The summed E-state index contributed by atoms with van der Waals surface area (Å²) in [5.74, 6) is 0. The number of halogens is 1. The molecule has 2 unspecified atom stereocenters. The van der Waals surface area contributed by atoms with Gasteiger partial charge in [-0.1, -0.05) is 96.8 Å². The van der Waals surface area contributed by atoms with Crippen molar-refractivity contribution >= 4 is 0 Å². The monoisotopic (exact) mass is 389 g/mol. The van der Waals surface area contributed by atoms with Crippen LogP contribution in [-0.2, 0) is 4.74 Å². The van der Waals surface area contributed by atoms with Crippen LogP contribution in [0, 0.1) is 0 Å². The van der Waals surface area contributed by atoms with E-state index in [1.165, 1.54) is 103 Å². The molecule has 0 amide bonds. The molecule has 0 aromatic carbocycles. The predicted octanol–water partition coefficient (Wildman–Crippen LogP) is 3.43. The maximum absolute atomic E-state index is 5.87. The predicted molar refractivity (Wildman–Crippen MR) is 110 cm³/mol. The Bertz CT molecular complexity index is 334. The van der Waals surface area contributed by atoms with Gasteiger partial charge in [0.15, 0.2) is 0 Å². The van der Waals surface area contributed by atoms with E-state index in [1.807, 2.05) is 0 Å². The highest BCUT2D eigenvalue weighted by molar-refractivity contribution is 5.11. The van der Waals surface area contributed by atoms with E-state index in [4.69, 9.17) is 4.74 Å². The van der Waals surface area contributed by atoms with Crippen LogP contribution in [0.25, 0.3) is 0 Å². The molecule has 0 aliphatic carbocycles. The van der Waals surface area contributed by atoms with Crippen LogP contribution in [0.5, 0.6) is 0 Å². The van der Waals surface area contributed by atoms with Crippen LogP contribution in [0.3, 0.4) is 0 Å². The molecule has 3 N–H and O–H groups in total. The SMILES string of the molecule is CCCCCCCCCCCCCCCCCC([NH3+])C1(C)OC1(C)C.[Cl-]. The zero-order valence-corrected chi connectivity index (χ0v) is 19.1. The second kappa shape index (κ2) is 14.2. The molecular formula is C23H48ClNO. The molecule has 0 bridgehead atoms. The molecular weight excluding hydrogens is 342 g/mol. The zero-order valence-electron chi connectivity index (χ0n) is 18.4. The maximum Gasteiger partial charge on any atom is 0.146 e. The number of rotatable bonds is 17. The summed E-state index contributed by atoms with van der Waals surface area (Å²) in [6.07, 6.45) is 22.7. The van der Waals surface area contributed by atoms with Gasteiger partial charge < -0.3 is 22.9 Å². The summed E-state index contributed by atoms with van der Waals surface area (Å²) in [4.78, 5) is 0. The van der Waals surface area contributed by atoms with Gasteiger partial charge in [-0.2, -0.15) is 0 Å². The van der Waals surface area contributed by atoms with Crippen LogP contribution in [0.4, 0.5) is 0 Å². The Labute approximate surface area is 170 Å². The molecule has 2 nitrogen and oxygen atoms in total. The third-order valence-electron chi connectivity index (χ3n) is 6.56. The molecule has 0 saturated carbocycles. The molecule has 158 valence electrons. The third-order valence-corrected chi connectivity index (χ3v) is 6.56. The van der Waals surface area contributed by atoms with Crippen molar-refractivity contribution in [3.63, 3.8) is 0 Å². The third kappa shape index (κ3) is 9.95. The van der Waals surface area contributed by atoms with Gasteiger partial charge in [0.1, 0.15) is 11.6 Å². The lowest BCUT2D eigenvalue weighted by Crippen LogP contribution is -3.00. The summed E-state index contributed by atoms with van der Waals surface area (Å²) in [7, 11) is 0. The molecule has 1 rings (SSSR count). The maximum atomic E-state index is 5.87. The quantitative estimate of drug-likeness (QED) is 0.300. The van der Waals surface area contributed by atoms with Gasteiger partial charge in [-0.3, -0.25) is 0 Å². The smallest absolute Gasteiger partial charge is 0.146 e. The van der Waals surface area contributed by atoms with Gasteiger partial charge in [-0.15, -0.1) is 0 Å². The summed E-state index contributed by atoms with van der Waals surface area (Å²) in [6, 6.07) is 0.449. The van der Waals surface area contributed by atoms with Crippen LogP contribution in [0.15, 0.2) is 0 Å². The van der Waals surface area contributed by atoms with E-state index < -0.39 is 0 Å². The number of hydrogen-bond acceptors (Lipinski definition) is 1. The van der Waals surface area contributed by atoms with Crippen molar-refractivity contribution in [2.24, 2.45) is 0 Å². The van der Waals surface area contributed by atoms with E-state index in [1.54, 1.807) is 0 Å². The normalized spacial score (nSPS) is 22.0. The minimum atomic E-state index is 0. The van der Waals surface area contributed by atoms with Gasteiger partial charge in [0.05, 0.1) is 5.60 Å². The minimum Gasteiger partial charge on any atom is -1.00 e. The zero-order chi connectivity index (χ0) is 18.6. The average Bonchev–Trinajstić information content (AvgIpc) is 3.10. The van der Waals surface area contributed by atoms with Gasteiger partial charge >= 0.3 is 0 Å². The van der Waals surface area contributed by atoms with Crippen molar-refractivity contribution in [2.75, 3.05) is 0 Å². The summed E-state index contributed by atoms with van der Waals surface area (Å²) in [5.41, 5.74) is 4.43. The van der Waals surface area contributed by atoms with Crippen LogP contribution >= 0.6 is 0 Å². The molecule has 0 spiro atoms. The second-order valence-electron chi connectivity index (χ2n) is 9.15. The number of ether oxygens (including phenoxy) is 1. The van der Waals surface area contributed by atoms with E-state index in [0.29, 0.717) is 6.04 Å². The van der Waals surface area contributed by atoms with E-state index in [2.05, 4.69) is 33.4 Å². The van der Waals surface area contributed by atoms with Crippen LogP contribution < -0.4 is 18.1 Å². The summed E-state index contributed by atoms with van der Waals surface area (Å²) < 4.78 is 5.87. The standard InChI is InChI=1S/C23H47NO.ClH/c1-5-6-7-8-9-10-11-12-13-14-15-16-17-18-19-20-21(24)23(4)22(2,3)25-23;/h21H,5-20,24H2,1-4H3;1H. The van der Waals surface area contributed by atoms with Gasteiger partial charge in [0.25, 0.3) is 0 Å². The van der Waals surface area contributed by atoms with Crippen LogP contribution in [0.2, 0.25) is 0 Å². The second-order valence-corrected chi connectivity index (χ2v) is 9.15. The van der Waals surface area contributed by atoms with Crippen LogP contribution in [0.1, 0.15) is 130 Å². The molecule has 1 saturated heterocycles. The number of epoxide rings is 1. The largest absolute Gasteiger partial charge is 1.00 e. The Hall–Kier alpha value is 0.210. The van der Waals surface area contributed by atoms with Crippen molar-refractivity contribution in [2.45, 2.75) is 148 Å². The highest BCUT2D eigenvalue weighted by atomic mass is 35.5. The fourth-order valence-electron chi connectivity index (χ4n) is 4.12. The average molecular weight is 390 g/mol. The lowest BCUT2D eigenvalue weighted by atomic mass is 9.88. The number of hydrogen-bond donors (Lipinski definition) is 1. The first-order valence-corrected chi connectivity index (χ1v) is 11.5. The molecule has 1 aliphatic heterocycles. The van der Waals surface area contributed by atoms with Crippen molar-refractivity contribution < 1.29 is 22.9 Å². The Morgan fingerprint density at radius 2 is 0.962 bits per heavy atom. The van der Waals surface area contributed by atoms with E-state index in [9.17, 15) is 0 Å². The molecule has 0 aromatic rings. The van der Waals surface area contributed by atoms with E-state index >= 15 is 0 Å². The first-order chi connectivity index (χ1) is 11.9. The minimum absolute atomic E-state index is 0. The van der Waals surface area contributed by atoms with Crippen molar-refractivity contribution in [3.05, 3.63) is 0 Å². The van der Waals surface area contributed by atoms with E-state index in [0.717, 1.165) is 0 Å². The van der Waals surface area contributed by atoms with Gasteiger partial charge in [-0.25, -0.2) is 0 Å². The molecule has 3 heteroatoms. The Morgan fingerprint density at radius 3 is 1.27 bits per heavy atom. The topological polar surface area (TPSA) is 40.2 Å². The fourth-order valence-corrected chi connectivity index (χ4v) is 4.12. The first-order valence-electron chi connectivity index (χ1n) is 11.5. The van der Waals surface area contributed by atoms with E-state index in [-0.39, 0.29) is 23.6 Å². The lowest BCUT2D eigenvalue weighted by molar-refractivity contribution is -0.435. The Morgan fingerprint density at radius 1 is 0.654 bits per heavy atom. The first kappa shape index (κ1) is 26.2. The summed E-state index contributed by atoms with van der Waals surface area (Å²) >= 11 is 0. The fraction of sp³-hybridized carbons (Fsp3) is 1.00. The van der Waals surface area contributed by atoms with Crippen molar-refractivity contribution in [1.82, 2.24) is 0 Å². The van der Waals surface area contributed by atoms with Crippen LogP contribution in [-0.4, -0.2) is 17.2 Å². The highest BCUT2D eigenvalue weighted by Crippen LogP contribution is 2.49. The summed E-state index contributed by atoms with van der Waals surface area (Å²) in [6.45, 7) is 8.91. The molecule has 1 fully saturated rings. The van der Waals surface area contributed by atoms with Gasteiger partial charge in [0, 0.05) is 6.42 Å². The molecule has 2 atom stereocenters. The Kier molecular flexibility index (Phi) is 14.4. The number of quaternary nitrogens is 1. The molecule has 0 radical (unpaired) electrons. The lowest BCUT2D eigenvalue weighted by Gasteiger charge is -2.15. The summed E-state index contributed by atoms with van der Waals surface area (Å²) in [5, 5.41) is 0. The highest BCUT2D eigenvalue weighted by Gasteiger charge is 2.65. The van der Waals surface area contributed by atoms with Crippen molar-refractivity contribution in [1.29, 1.82) is 0 Å². The Balaban J connectivity index is 0.00000625. The van der Waals surface area contributed by atoms with Gasteiger partial charge in [0.2, 0.25) is 0 Å². The van der Waals surface area contributed by atoms with Gasteiger partial charge in [-0.05, 0) is 27.2 Å². The molecule has 0 aromatic heterocycles. The molecule has 1 aliphatic rings. The molecule has 26 heavy (non-hydrogen) atoms. The molecule has 1 heterocycles.